The van der Waals surface area contributed by atoms with E-state index in [0.717, 1.165) is 10.9 Å². The highest BCUT2D eigenvalue weighted by molar-refractivity contribution is 5.83. The van der Waals surface area contributed by atoms with Crippen LogP contribution in [0.4, 0.5) is 5.69 Å². The van der Waals surface area contributed by atoms with Crippen LogP contribution in [-0.4, -0.2) is 23.7 Å². The van der Waals surface area contributed by atoms with Gasteiger partial charge in [0.2, 0.25) is 0 Å². The third kappa shape index (κ3) is 4.58. The lowest BCUT2D eigenvalue weighted by atomic mass is 10.1. The third-order valence-corrected chi connectivity index (χ3v) is 3.80. The molecule has 1 aromatic heterocycles. The Morgan fingerprint density at radius 3 is 2.71 bits per heavy atom. The van der Waals surface area contributed by atoms with Gasteiger partial charge < -0.3 is 9.15 Å². The van der Waals surface area contributed by atoms with Crippen molar-refractivity contribution < 1.29 is 18.9 Å². The van der Waals surface area contributed by atoms with Crippen LogP contribution < -0.4 is 15.8 Å². The molecule has 0 aliphatic rings. The predicted molar refractivity (Wildman–Crippen MR) is 102 cm³/mol. The van der Waals surface area contributed by atoms with Crippen LogP contribution in [0.5, 0.6) is 5.75 Å². The number of carbonyl (C=O) groups is 1. The number of nitrogens with zero attached hydrogens (tertiary/aromatic N) is 2. The van der Waals surface area contributed by atoms with E-state index in [9.17, 15) is 19.7 Å². The molecular weight excluding hydrogens is 366 g/mol. The van der Waals surface area contributed by atoms with Crippen molar-refractivity contribution in [1.29, 1.82) is 0 Å². The number of fused-ring (bicyclic) bond motifs is 1. The molecule has 0 fully saturated rings. The Balaban J connectivity index is 1.56. The zero-order valence-electron chi connectivity index (χ0n) is 14.7. The van der Waals surface area contributed by atoms with Crippen molar-refractivity contribution in [3.63, 3.8) is 0 Å². The summed E-state index contributed by atoms with van der Waals surface area (Å²) in [5.74, 6) is -0.125. The molecule has 0 saturated carbocycles. The Bertz CT molecular complexity index is 1120. The van der Waals surface area contributed by atoms with E-state index in [1.54, 1.807) is 19.1 Å². The standard InChI is InChI=1S/C19H15N3O6/c1-12-8-19(24)28-17-9-15(6-7-16(12)17)27-11-18(23)21-20-10-13-2-4-14(5-3-13)22(25)26/h2-10H,11H2,1H3,(H,21,23)/b20-10+. The number of hydrogen-bond donors (Lipinski definition) is 1. The normalized spacial score (nSPS) is 10.9. The first-order valence-electron chi connectivity index (χ1n) is 8.16. The topological polar surface area (TPSA) is 124 Å². The number of rotatable bonds is 6. The lowest BCUT2D eigenvalue weighted by molar-refractivity contribution is -0.384. The molecule has 2 aromatic carbocycles. The molecule has 0 aliphatic heterocycles. The second-order valence-corrected chi connectivity index (χ2v) is 5.84. The van der Waals surface area contributed by atoms with Crippen LogP contribution >= 0.6 is 0 Å². The van der Waals surface area contributed by atoms with E-state index in [0.29, 0.717) is 16.9 Å². The molecule has 1 heterocycles. The number of ether oxygens (including phenoxy) is 1. The van der Waals surface area contributed by atoms with Crippen LogP contribution in [0.1, 0.15) is 11.1 Å². The number of non-ortho nitro benzene ring substituents is 1. The van der Waals surface area contributed by atoms with Crippen molar-refractivity contribution in [3.8, 4) is 5.75 Å². The van der Waals surface area contributed by atoms with E-state index in [1.807, 2.05) is 0 Å². The summed E-state index contributed by atoms with van der Waals surface area (Å²) < 4.78 is 10.5. The van der Waals surface area contributed by atoms with Crippen molar-refractivity contribution in [3.05, 3.63) is 80.2 Å². The Morgan fingerprint density at radius 2 is 2.00 bits per heavy atom. The summed E-state index contributed by atoms with van der Waals surface area (Å²) in [4.78, 5) is 33.3. The molecule has 0 unspecified atom stereocenters. The van der Waals surface area contributed by atoms with Crippen LogP contribution in [0.25, 0.3) is 11.0 Å². The number of nitro groups is 1. The summed E-state index contributed by atoms with van der Waals surface area (Å²) in [6.07, 6.45) is 1.36. The van der Waals surface area contributed by atoms with E-state index in [-0.39, 0.29) is 12.3 Å². The van der Waals surface area contributed by atoms with Crippen LogP contribution in [0, 0.1) is 17.0 Å². The maximum Gasteiger partial charge on any atom is 0.336 e. The first-order chi connectivity index (χ1) is 13.4. The van der Waals surface area contributed by atoms with E-state index in [1.165, 1.54) is 42.6 Å². The highest BCUT2D eigenvalue weighted by Gasteiger charge is 2.06. The van der Waals surface area contributed by atoms with Crippen molar-refractivity contribution in [2.24, 2.45) is 5.10 Å². The van der Waals surface area contributed by atoms with Gasteiger partial charge in [-0.05, 0) is 42.3 Å². The maximum absolute atomic E-state index is 11.8. The highest BCUT2D eigenvalue weighted by atomic mass is 16.6. The molecule has 1 N–H and O–H groups in total. The monoisotopic (exact) mass is 381 g/mol. The average Bonchev–Trinajstić information content (AvgIpc) is 2.66. The van der Waals surface area contributed by atoms with Crippen molar-refractivity contribution in [2.45, 2.75) is 6.92 Å². The molecular formula is C19H15N3O6. The van der Waals surface area contributed by atoms with E-state index in [2.05, 4.69) is 10.5 Å². The van der Waals surface area contributed by atoms with Gasteiger partial charge in [-0.2, -0.15) is 5.10 Å². The average molecular weight is 381 g/mol. The lowest BCUT2D eigenvalue weighted by Gasteiger charge is -2.06. The van der Waals surface area contributed by atoms with Gasteiger partial charge in [0.25, 0.3) is 11.6 Å². The van der Waals surface area contributed by atoms with Gasteiger partial charge in [-0.15, -0.1) is 0 Å². The Morgan fingerprint density at radius 1 is 1.25 bits per heavy atom. The number of benzene rings is 2. The van der Waals surface area contributed by atoms with Crippen LogP contribution in [0.15, 0.2) is 62.8 Å². The molecule has 0 bridgehead atoms. The SMILES string of the molecule is Cc1cc(=O)oc2cc(OCC(=O)N/N=C/c3ccc([N+](=O)[O-])cc3)ccc12. The quantitative estimate of drug-likeness (QED) is 0.303. The fraction of sp³-hybridized carbons (Fsp3) is 0.105. The smallest absolute Gasteiger partial charge is 0.336 e. The predicted octanol–water partition coefficient (Wildman–Crippen LogP) is 2.54. The van der Waals surface area contributed by atoms with Gasteiger partial charge in [0.05, 0.1) is 11.1 Å². The summed E-state index contributed by atoms with van der Waals surface area (Å²) in [6.45, 7) is 1.51. The minimum absolute atomic E-state index is 0.0315. The fourth-order valence-electron chi connectivity index (χ4n) is 2.44. The molecule has 1 amide bonds. The van der Waals surface area contributed by atoms with Crippen LogP contribution in [-0.2, 0) is 4.79 Å². The summed E-state index contributed by atoms with van der Waals surface area (Å²) in [7, 11) is 0. The number of amides is 1. The van der Waals surface area contributed by atoms with Crippen molar-refractivity contribution >= 4 is 28.8 Å². The Hall–Kier alpha value is -4.01. The largest absolute Gasteiger partial charge is 0.484 e. The van der Waals surface area contributed by atoms with Crippen molar-refractivity contribution in [2.75, 3.05) is 6.61 Å². The van der Waals surface area contributed by atoms with Crippen LogP contribution in [0.2, 0.25) is 0 Å². The molecule has 3 aromatic rings. The van der Waals surface area contributed by atoms with E-state index >= 15 is 0 Å². The lowest BCUT2D eigenvalue weighted by Crippen LogP contribution is -2.24. The Kier molecular flexibility index (Phi) is 5.45. The highest BCUT2D eigenvalue weighted by Crippen LogP contribution is 2.22. The van der Waals surface area contributed by atoms with E-state index < -0.39 is 16.5 Å². The minimum atomic E-state index is -0.501. The zero-order chi connectivity index (χ0) is 20.1. The summed E-state index contributed by atoms with van der Waals surface area (Å²) >= 11 is 0. The van der Waals surface area contributed by atoms with Gasteiger partial charge in [-0.1, -0.05) is 0 Å². The molecule has 142 valence electrons. The minimum Gasteiger partial charge on any atom is -0.484 e. The third-order valence-electron chi connectivity index (χ3n) is 3.80. The van der Waals surface area contributed by atoms with Gasteiger partial charge in [0.15, 0.2) is 6.61 Å². The number of hydrazone groups is 1. The van der Waals surface area contributed by atoms with E-state index in [4.69, 9.17) is 9.15 Å². The summed E-state index contributed by atoms with van der Waals surface area (Å²) in [6, 6.07) is 12.1. The number of nitro benzene ring substituents is 1. The number of carbonyl (C=O) groups excluding carboxylic acids is 1. The van der Waals surface area contributed by atoms with Gasteiger partial charge in [-0.25, -0.2) is 10.2 Å². The van der Waals surface area contributed by atoms with Gasteiger partial charge in [-0.3, -0.25) is 14.9 Å². The zero-order valence-corrected chi connectivity index (χ0v) is 14.7. The van der Waals surface area contributed by atoms with Crippen LogP contribution in [0.3, 0.4) is 0 Å². The van der Waals surface area contributed by atoms with Gasteiger partial charge in [0.1, 0.15) is 11.3 Å². The first kappa shape index (κ1) is 18.8. The first-order valence-corrected chi connectivity index (χ1v) is 8.16. The summed E-state index contributed by atoms with van der Waals surface area (Å²) in [5.41, 5.74) is 3.55. The number of nitrogens with one attached hydrogen (secondary N) is 1. The Labute approximate surface area is 158 Å². The molecule has 9 nitrogen and oxygen atoms in total. The molecule has 9 heteroatoms. The molecule has 28 heavy (non-hydrogen) atoms. The summed E-state index contributed by atoms with van der Waals surface area (Å²) in [5, 5.41) is 15.1. The van der Waals surface area contributed by atoms with Crippen molar-refractivity contribution in [1.82, 2.24) is 5.43 Å². The van der Waals surface area contributed by atoms with Gasteiger partial charge in [0, 0.05) is 29.7 Å². The number of aryl methyl sites for hydroxylation is 1. The van der Waals surface area contributed by atoms with Gasteiger partial charge >= 0.3 is 5.63 Å². The molecule has 0 saturated heterocycles. The molecule has 0 atom stereocenters. The second-order valence-electron chi connectivity index (χ2n) is 5.84. The molecule has 0 radical (unpaired) electrons. The fourth-order valence-corrected chi connectivity index (χ4v) is 2.44. The maximum atomic E-state index is 11.8. The number of hydrogen-bond acceptors (Lipinski definition) is 7. The molecule has 0 spiro atoms. The molecule has 0 aliphatic carbocycles. The molecule has 3 rings (SSSR count). The second kappa shape index (κ2) is 8.12.